The second kappa shape index (κ2) is 6.28. The largest absolute Gasteiger partial charge is 0.381 e. The quantitative estimate of drug-likeness (QED) is 0.714. The third-order valence-corrected chi connectivity index (χ3v) is 4.54. The van der Waals surface area contributed by atoms with Crippen molar-refractivity contribution >= 4 is 34.0 Å². The molecule has 1 unspecified atom stereocenters. The Hall–Kier alpha value is -2.34. The number of anilines is 2. The first-order valence-corrected chi connectivity index (χ1v) is 8.51. The number of piperidine rings is 1. The molecule has 2 aromatic heterocycles. The van der Waals surface area contributed by atoms with Crippen LogP contribution in [0.5, 0.6) is 0 Å². The SMILES string of the molecule is Cc1nc(Cl)cc(N2CCCC(Nc3ccc4[nH]ncc4c3)C2)n1. The number of H-pyrrole nitrogens is 1. The number of aromatic amines is 1. The zero-order chi connectivity index (χ0) is 16.5. The summed E-state index contributed by atoms with van der Waals surface area (Å²) in [7, 11) is 0. The second-order valence-corrected chi connectivity index (χ2v) is 6.58. The fourth-order valence-corrected chi connectivity index (χ4v) is 3.47. The van der Waals surface area contributed by atoms with Gasteiger partial charge >= 0.3 is 0 Å². The van der Waals surface area contributed by atoms with E-state index in [0.717, 1.165) is 48.3 Å². The van der Waals surface area contributed by atoms with E-state index in [-0.39, 0.29) is 0 Å². The van der Waals surface area contributed by atoms with Crippen LogP contribution in [-0.2, 0) is 0 Å². The van der Waals surface area contributed by atoms with Crippen molar-refractivity contribution < 1.29 is 0 Å². The molecular weight excluding hydrogens is 324 g/mol. The molecule has 0 saturated carbocycles. The van der Waals surface area contributed by atoms with Gasteiger partial charge in [-0.2, -0.15) is 5.10 Å². The van der Waals surface area contributed by atoms with E-state index < -0.39 is 0 Å². The van der Waals surface area contributed by atoms with Gasteiger partial charge in [-0.1, -0.05) is 11.6 Å². The van der Waals surface area contributed by atoms with E-state index in [4.69, 9.17) is 11.6 Å². The van der Waals surface area contributed by atoms with Crippen molar-refractivity contribution in [2.24, 2.45) is 0 Å². The van der Waals surface area contributed by atoms with Gasteiger partial charge in [-0.25, -0.2) is 9.97 Å². The van der Waals surface area contributed by atoms with Crippen molar-refractivity contribution in [3.8, 4) is 0 Å². The lowest BCUT2D eigenvalue weighted by Crippen LogP contribution is -2.42. The van der Waals surface area contributed by atoms with Crippen LogP contribution in [0.1, 0.15) is 18.7 Å². The summed E-state index contributed by atoms with van der Waals surface area (Å²) in [5.41, 5.74) is 2.17. The molecule has 1 aliphatic heterocycles. The van der Waals surface area contributed by atoms with E-state index in [0.29, 0.717) is 17.0 Å². The molecule has 1 atom stereocenters. The summed E-state index contributed by atoms with van der Waals surface area (Å²) in [4.78, 5) is 10.9. The fourth-order valence-electron chi connectivity index (χ4n) is 3.25. The molecule has 4 rings (SSSR count). The van der Waals surface area contributed by atoms with Gasteiger partial charge in [0.2, 0.25) is 0 Å². The number of aromatic nitrogens is 4. The molecule has 24 heavy (non-hydrogen) atoms. The van der Waals surface area contributed by atoms with Crippen LogP contribution >= 0.6 is 11.6 Å². The van der Waals surface area contributed by atoms with Gasteiger partial charge in [0, 0.05) is 36.3 Å². The lowest BCUT2D eigenvalue weighted by atomic mass is 10.1. The lowest BCUT2D eigenvalue weighted by Gasteiger charge is -2.34. The van der Waals surface area contributed by atoms with Crippen LogP contribution in [-0.4, -0.2) is 39.3 Å². The minimum absolute atomic E-state index is 0.372. The van der Waals surface area contributed by atoms with Crippen LogP contribution in [0.2, 0.25) is 5.15 Å². The van der Waals surface area contributed by atoms with Crippen LogP contribution in [0.15, 0.2) is 30.5 Å². The van der Waals surface area contributed by atoms with E-state index >= 15 is 0 Å². The highest BCUT2D eigenvalue weighted by Gasteiger charge is 2.21. The predicted molar refractivity (Wildman–Crippen MR) is 96.7 cm³/mol. The van der Waals surface area contributed by atoms with E-state index in [9.17, 15) is 0 Å². The highest BCUT2D eigenvalue weighted by molar-refractivity contribution is 6.29. The molecule has 124 valence electrons. The van der Waals surface area contributed by atoms with Crippen LogP contribution in [0.4, 0.5) is 11.5 Å². The maximum absolute atomic E-state index is 6.08. The second-order valence-electron chi connectivity index (χ2n) is 6.20. The molecule has 0 radical (unpaired) electrons. The minimum atomic E-state index is 0.372. The molecule has 2 N–H and O–H groups in total. The molecule has 1 saturated heterocycles. The molecule has 1 aromatic carbocycles. The fraction of sp³-hybridized carbons (Fsp3) is 0.353. The highest BCUT2D eigenvalue weighted by Crippen LogP contribution is 2.24. The number of nitrogens with zero attached hydrogens (tertiary/aromatic N) is 4. The van der Waals surface area contributed by atoms with Gasteiger partial charge in [0.05, 0.1) is 11.7 Å². The van der Waals surface area contributed by atoms with Crippen molar-refractivity contribution in [2.75, 3.05) is 23.3 Å². The molecule has 7 heteroatoms. The van der Waals surface area contributed by atoms with Gasteiger partial charge < -0.3 is 10.2 Å². The molecule has 0 amide bonds. The Balaban J connectivity index is 1.49. The summed E-state index contributed by atoms with van der Waals surface area (Å²) in [5.74, 6) is 1.61. The number of nitrogens with one attached hydrogen (secondary N) is 2. The average Bonchev–Trinajstić information content (AvgIpc) is 3.02. The van der Waals surface area contributed by atoms with Crippen molar-refractivity contribution in [2.45, 2.75) is 25.8 Å². The van der Waals surface area contributed by atoms with E-state index in [1.54, 1.807) is 0 Å². The maximum atomic E-state index is 6.08. The monoisotopic (exact) mass is 342 g/mol. The van der Waals surface area contributed by atoms with E-state index in [1.807, 2.05) is 19.2 Å². The van der Waals surface area contributed by atoms with Gasteiger partial charge in [-0.15, -0.1) is 0 Å². The normalized spacial score (nSPS) is 18.1. The van der Waals surface area contributed by atoms with Gasteiger partial charge in [-0.3, -0.25) is 5.10 Å². The first-order valence-electron chi connectivity index (χ1n) is 8.13. The Labute approximate surface area is 145 Å². The van der Waals surface area contributed by atoms with Gasteiger partial charge in [-0.05, 0) is 38.0 Å². The van der Waals surface area contributed by atoms with Crippen LogP contribution in [0.25, 0.3) is 10.9 Å². The molecule has 0 spiro atoms. The molecule has 1 aliphatic rings. The molecule has 1 fully saturated rings. The van der Waals surface area contributed by atoms with Crippen molar-refractivity contribution in [1.82, 2.24) is 20.2 Å². The third-order valence-electron chi connectivity index (χ3n) is 4.35. The first kappa shape index (κ1) is 15.2. The molecule has 3 heterocycles. The Morgan fingerprint density at radius 1 is 1.29 bits per heavy atom. The summed E-state index contributed by atoms with van der Waals surface area (Å²) in [6, 6.07) is 8.49. The van der Waals surface area contributed by atoms with E-state index in [2.05, 4.69) is 48.6 Å². The van der Waals surface area contributed by atoms with Gasteiger partial charge in [0.25, 0.3) is 0 Å². The summed E-state index contributed by atoms with van der Waals surface area (Å²) >= 11 is 6.08. The maximum Gasteiger partial charge on any atom is 0.134 e. The smallest absolute Gasteiger partial charge is 0.134 e. The third kappa shape index (κ3) is 3.14. The zero-order valence-corrected chi connectivity index (χ0v) is 14.2. The number of halogens is 1. The Bertz CT molecular complexity index is 841. The number of hydrogen-bond acceptors (Lipinski definition) is 5. The Morgan fingerprint density at radius 2 is 2.21 bits per heavy atom. The van der Waals surface area contributed by atoms with Crippen LogP contribution in [0.3, 0.4) is 0 Å². The molecule has 0 bridgehead atoms. The van der Waals surface area contributed by atoms with E-state index in [1.165, 1.54) is 0 Å². The summed E-state index contributed by atoms with van der Waals surface area (Å²) in [6.07, 6.45) is 4.10. The summed E-state index contributed by atoms with van der Waals surface area (Å²) in [5, 5.41) is 12.3. The first-order chi connectivity index (χ1) is 11.7. The molecule has 0 aliphatic carbocycles. The molecule has 3 aromatic rings. The minimum Gasteiger partial charge on any atom is -0.381 e. The van der Waals surface area contributed by atoms with Crippen molar-refractivity contribution in [3.63, 3.8) is 0 Å². The highest BCUT2D eigenvalue weighted by atomic mass is 35.5. The van der Waals surface area contributed by atoms with Gasteiger partial charge in [0.15, 0.2) is 0 Å². The average molecular weight is 343 g/mol. The molecular formula is C17H19ClN6. The van der Waals surface area contributed by atoms with Crippen molar-refractivity contribution in [3.05, 3.63) is 41.4 Å². The number of hydrogen-bond donors (Lipinski definition) is 2. The van der Waals surface area contributed by atoms with Gasteiger partial charge in [0.1, 0.15) is 16.8 Å². The predicted octanol–water partition coefficient (Wildman–Crippen LogP) is 3.40. The van der Waals surface area contributed by atoms with Crippen LogP contribution < -0.4 is 10.2 Å². The number of fused-ring (bicyclic) bond motifs is 1. The lowest BCUT2D eigenvalue weighted by molar-refractivity contribution is 0.526. The van der Waals surface area contributed by atoms with Crippen molar-refractivity contribution in [1.29, 1.82) is 0 Å². The Morgan fingerprint density at radius 3 is 3.08 bits per heavy atom. The number of rotatable bonds is 3. The topological polar surface area (TPSA) is 69.7 Å². The number of aryl methyl sites for hydroxylation is 1. The molecule has 6 nitrogen and oxygen atoms in total. The summed E-state index contributed by atoms with van der Waals surface area (Å²) in [6.45, 7) is 3.76. The summed E-state index contributed by atoms with van der Waals surface area (Å²) < 4.78 is 0. The Kier molecular flexibility index (Phi) is 3.98. The van der Waals surface area contributed by atoms with Crippen LogP contribution in [0, 0.1) is 6.92 Å². The standard InChI is InChI=1S/C17H19ClN6/c1-11-20-16(18)8-17(21-11)24-6-2-3-14(10-24)22-13-4-5-15-12(7-13)9-19-23-15/h4-5,7-9,14,22H,2-3,6,10H2,1H3,(H,19,23). The zero-order valence-electron chi connectivity index (χ0n) is 13.5. The number of benzene rings is 1.